The first-order chi connectivity index (χ1) is 8.66. The van der Waals surface area contributed by atoms with Crippen LogP contribution in [-0.2, 0) is 6.42 Å². The van der Waals surface area contributed by atoms with Crippen molar-refractivity contribution < 1.29 is 0 Å². The van der Waals surface area contributed by atoms with Crippen LogP contribution >= 0.6 is 11.6 Å². The van der Waals surface area contributed by atoms with E-state index in [4.69, 9.17) is 22.7 Å². The molecule has 0 atom stereocenters. The highest BCUT2D eigenvalue weighted by Gasteiger charge is 2.24. The molecule has 0 bridgehead atoms. The third-order valence-corrected chi connectivity index (χ3v) is 3.21. The molecule has 0 unspecified atom stereocenters. The average Bonchev–Trinajstić information content (AvgIpc) is 2.88. The van der Waals surface area contributed by atoms with Crippen molar-refractivity contribution in [3.63, 3.8) is 0 Å². The molecule has 0 saturated heterocycles. The number of nitrogens with two attached hydrogens (primary N) is 1. The molecule has 6 heteroatoms. The number of nitrogens with zero attached hydrogens (tertiary/aromatic N) is 2. The highest BCUT2D eigenvalue weighted by molar-refractivity contribution is 6.30. The molecule has 0 aliphatic carbocycles. The minimum absolute atomic E-state index is 0.0890. The number of nitrogen functional groups attached to an aromatic ring is 1. The molecule has 0 amide bonds. The van der Waals surface area contributed by atoms with Crippen LogP contribution in [0.3, 0.4) is 0 Å². The highest BCUT2D eigenvalue weighted by Crippen LogP contribution is 2.33. The average molecular weight is 262 g/mol. The quantitative estimate of drug-likeness (QED) is 0.542. The Kier molecular flexibility index (Phi) is 2.48. The normalized spacial score (nSPS) is 13.2. The van der Waals surface area contributed by atoms with Crippen molar-refractivity contribution in [2.24, 2.45) is 5.73 Å². The van der Waals surface area contributed by atoms with Crippen LogP contribution in [0.4, 0.5) is 5.82 Å². The van der Waals surface area contributed by atoms with E-state index in [1.807, 2.05) is 24.3 Å². The molecule has 0 fully saturated rings. The lowest BCUT2D eigenvalue weighted by Crippen LogP contribution is -2.23. The fraction of sp³-hybridized carbons (Fsp3) is 0.167. The predicted molar refractivity (Wildman–Crippen MR) is 72.2 cm³/mol. The van der Waals surface area contributed by atoms with Gasteiger partial charge in [0, 0.05) is 22.7 Å². The molecule has 1 aromatic carbocycles. The fourth-order valence-corrected chi connectivity index (χ4v) is 2.41. The summed E-state index contributed by atoms with van der Waals surface area (Å²) in [7, 11) is 0. The summed E-state index contributed by atoms with van der Waals surface area (Å²) in [6.45, 7) is 0.841. The maximum absolute atomic E-state index is 7.53. The third-order valence-electron chi connectivity index (χ3n) is 2.98. The van der Waals surface area contributed by atoms with Crippen LogP contribution < -0.4 is 11.1 Å². The van der Waals surface area contributed by atoms with Gasteiger partial charge in [0.05, 0.1) is 5.69 Å². The van der Waals surface area contributed by atoms with Crippen molar-refractivity contribution in [2.75, 3.05) is 11.9 Å². The Bertz CT molecular complexity index is 631. The van der Waals surface area contributed by atoms with Crippen LogP contribution in [0.15, 0.2) is 24.3 Å². The van der Waals surface area contributed by atoms with E-state index in [1.54, 1.807) is 0 Å². The summed E-state index contributed by atoms with van der Waals surface area (Å²) in [4.78, 5) is 0. The summed E-state index contributed by atoms with van der Waals surface area (Å²) >= 11 is 6.00. The summed E-state index contributed by atoms with van der Waals surface area (Å²) in [5, 5.41) is 15.8. The van der Waals surface area contributed by atoms with Gasteiger partial charge in [-0.2, -0.15) is 9.78 Å². The molecule has 2 aromatic rings. The van der Waals surface area contributed by atoms with Crippen molar-refractivity contribution in [3.8, 4) is 11.3 Å². The molecular weight excluding hydrogens is 250 g/mol. The van der Waals surface area contributed by atoms with Crippen molar-refractivity contribution in [1.29, 1.82) is 5.41 Å². The number of benzene rings is 1. The van der Waals surface area contributed by atoms with Crippen LogP contribution in [0, 0.1) is 5.41 Å². The number of nitrogens with one attached hydrogen (secondary N) is 2. The number of hydrogen-bond acceptors (Lipinski definition) is 3. The topological polar surface area (TPSA) is 79.7 Å². The second kappa shape index (κ2) is 4.03. The van der Waals surface area contributed by atoms with Crippen LogP contribution in [0.5, 0.6) is 0 Å². The molecule has 0 radical (unpaired) electrons. The number of aromatic nitrogens is 2. The van der Waals surface area contributed by atoms with Gasteiger partial charge in [0.2, 0.25) is 5.96 Å². The summed E-state index contributed by atoms with van der Waals surface area (Å²) in [6.07, 6.45) is 0.879. The zero-order chi connectivity index (χ0) is 12.7. The largest absolute Gasteiger partial charge is 0.369 e. The van der Waals surface area contributed by atoms with Gasteiger partial charge < -0.3 is 11.1 Å². The van der Waals surface area contributed by atoms with E-state index >= 15 is 0 Å². The smallest absolute Gasteiger partial charge is 0.215 e. The highest BCUT2D eigenvalue weighted by atomic mass is 35.5. The lowest BCUT2D eigenvalue weighted by molar-refractivity contribution is 0.910. The fourth-order valence-electron chi connectivity index (χ4n) is 2.22. The Labute approximate surface area is 109 Å². The van der Waals surface area contributed by atoms with E-state index < -0.39 is 0 Å². The van der Waals surface area contributed by atoms with E-state index in [-0.39, 0.29) is 5.96 Å². The first-order valence-corrected chi connectivity index (χ1v) is 6.00. The summed E-state index contributed by atoms with van der Waals surface area (Å²) in [5.74, 6) is 0.728. The van der Waals surface area contributed by atoms with Crippen LogP contribution in [0.2, 0.25) is 5.02 Å². The van der Waals surface area contributed by atoms with Crippen molar-refractivity contribution in [3.05, 3.63) is 34.9 Å². The van der Waals surface area contributed by atoms with Crippen LogP contribution in [0.25, 0.3) is 11.3 Å². The second-order valence-electron chi connectivity index (χ2n) is 4.16. The van der Waals surface area contributed by atoms with Gasteiger partial charge in [-0.25, -0.2) is 0 Å². The van der Waals surface area contributed by atoms with E-state index in [2.05, 4.69) is 10.4 Å². The predicted octanol–water partition coefficient (Wildman–Crippen LogP) is 1.91. The van der Waals surface area contributed by atoms with Gasteiger partial charge in [-0.3, -0.25) is 5.41 Å². The Balaban J connectivity index is 2.19. The number of hydrogen-bond donors (Lipinski definition) is 3. The Morgan fingerprint density at radius 2 is 2.33 bits per heavy atom. The van der Waals surface area contributed by atoms with Crippen molar-refractivity contribution >= 4 is 23.4 Å². The monoisotopic (exact) mass is 261 g/mol. The minimum atomic E-state index is -0.0890. The van der Waals surface area contributed by atoms with Gasteiger partial charge in [-0.15, -0.1) is 0 Å². The third kappa shape index (κ3) is 1.64. The van der Waals surface area contributed by atoms with Gasteiger partial charge in [0.1, 0.15) is 5.82 Å². The van der Waals surface area contributed by atoms with E-state index in [0.717, 1.165) is 35.6 Å². The minimum Gasteiger partial charge on any atom is -0.369 e. The molecule has 1 aromatic heterocycles. The molecular formula is C12H12ClN5. The van der Waals surface area contributed by atoms with Crippen LogP contribution in [0.1, 0.15) is 5.56 Å². The second-order valence-corrected chi connectivity index (χ2v) is 4.60. The van der Waals surface area contributed by atoms with Crippen molar-refractivity contribution in [1.82, 2.24) is 9.78 Å². The van der Waals surface area contributed by atoms with Gasteiger partial charge in [0.25, 0.3) is 0 Å². The molecule has 4 N–H and O–H groups in total. The van der Waals surface area contributed by atoms with Gasteiger partial charge >= 0.3 is 0 Å². The van der Waals surface area contributed by atoms with E-state index in [0.29, 0.717) is 5.02 Å². The molecule has 1 aliphatic heterocycles. The molecule has 1 aliphatic rings. The molecule has 18 heavy (non-hydrogen) atoms. The lowest BCUT2D eigenvalue weighted by Gasteiger charge is -2.02. The molecule has 0 spiro atoms. The summed E-state index contributed by atoms with van der Waals surface area (Å²) < 4.78 is 1.43. The zero-order valence-electron chi connectivity index (χ0n) is 9.57. The number of rotatable bonds is 1. The number of halogens is 1. The molecule has 3 rings (SSSR count). The molecule has 92 valence electrons. The SMILES string of the molecule is N=C(N)n1nc(-c2cccc(Cl)c2)c2c1NCC2. The summed E-state index contributed by atoms with van der Waals surface area (Å²) in [5.41, 5.74) is 8.40. The van der Waals surface area contributed by atoms with Gasteiger partial charge in [-0.1, -0.05) is 23.7 Å². The van der Waals surface area contributed by atoms with Crippen LogP contribution in [-0.4, -0.2) is 22.3 Å². The number of fused-ring (bicyclic) bond motifs is 1. The maximum Gasteiger partial charge on any atom is 0.215 e. The zero-order valence-corrected chi connectivity index (χ0v) is 10.3. The molecule has 5 nitrogen and oxygen atoms in total. The lowest BCUT2D eigenvalue weighted by atomic mass is 10.1. The van der Waals surface area contributed by atoms with Gasteiger partial charge in [-0.05, 0) is 18.6 Å². The Morgan fingerprint density at radius 3 is 3.06 bits per heavy atom. The van der Waals surface area contributed by atoms with E-state index in [9.17, 15) is 0 Å². The number of anilines is 1. The first kappa shape index (κ1) is 11.1. The van der Waals surface area contributed by atoms with E-state index in [1.165, 1.54) is 4.68 Å². The standard InChI is InChI=1S/C12H12ClN5/c13-8-3-1-2-7(6-8)10-9-4-5-16-11(9)18(17-10)12(14)15/h1-3,6,16H,4-5H2,(H3,14,15). The van der Waals surface area contributed by atoms with Crippen molar-refractivity contribution in [2.45, 2.75) is 6.42 Å². The Morgan fingerprint density at radius 1 is 1.50 bits per heavy atom. The summed E-state index contributed by atoms with van der Waals surface area (Å²) in [6, 6.07) is 7.54. The maximum atomic E-state index is 7.53. The molecule has 2 heterocycles. The molecule has 0 saturated carbocycles. The first-order valence-electron chi connectivity index (χ1n) is 5.63. The van der Waals surface area contributed by atoms with Gasteiger partial charge in [0.15, 0.2) is 0 Å². The Hall–Kier alpha value is -2.01.